The van der Waals surface area contributed by atoms with E-state index in [-0.39, 0.29) is 5.75 Å². The number of aromatic nitrogens is 1. The molecule has 0 unspecified atom stereocenters. The van der Waals surface area contributed by atoms with E-state index in [1.807, 2.05) is 37.4 Å². The van der Waals surface area contributed by atoms with Crippen molar-refractivity contribution in [3.05, 3.63) is 47.4 Å². The number of benzene rings is 1. The number of rotatable bonds is 6. The first kappa shape index (κ1) is 17.4. The second-order valence-corrected chi connectivity index (χ2v) is 8.20. The first-order chi connectivity index (χ1) is 10.8. The molecule has 0 aliphatic heterocycles. The number of aryl methyl sites for hydroxylation is 2. The van der Waals surface area contributed by atoms with E-state index in [9.17, 15) is 13.2 Å². The van der Waals surface area contributed by atoms with Gasteiger partial charge < -0.3 is 5.32 Å². The molecule has 122 valence electrons. The monoisotopic (exact) mass is 350 g/mol. The lowest BCUT2D eigenvalue weighted by Crippen LogP contribution is -2.24. The summed E-state index contributed by atoms with van der Waals surface area (Å²) in [5.41, 5.74) is 4.08. The Balaban J connectivity index is 2.09. The van der Waals surface area contributed by atoms with Gasteiger partial charge in [0.15, 0.2) is 15.0 Å². The van der Waals surface area contributed by atoms with Gasteiger partial charge in [0.05, 0.1) is 11.4 Å². The maximum Gasteiger partial charge on any atom is 0.241 e. The topological polar surface area (TPSA) is 76.1 Å². The molecule has 1 N–H and O–H groups in total. The highest BCUT2D eigenvalue weighted by molar-refractivity contribution is 7.92. The van der Waals surface area contributed by atoms with Crippen molar-refractivity contribution >= 4 is 32.2 Å². The molecule has 1 aromatic carbocycles. The van der Waals surface area contributed by atoms with Crippen LogP contribution in [0.15, 0.2) is 36.2 Å². The number of nitrogens with one attached hydrogen (secondary N) is 1. The lowest BCUT2D eigenvalue weighted by atomic mass is 10.1. The summed E-state index contributed by atoms with van der Waals surface area (Å²) in [5.74, 6) is -1.38. The molecule has 2 aromatic rings. The average molecular weight is 350 g/mol. The summed E-state index contributed by atoms with van der Waals surface area (Å²) in [4.78, 5) is 16.1. The third-order valence-corrected chi connectivity index (χ3v) is 5.48. The van der Waals surface area contributed by atoms with Crippen molar-refractivity contribution < 1.29 is 13.2 Å². The van der Waals surface area contributed by atoms with Crippen LogP contribution in [0.25, 0.3) is 11.3 Å². The molecule has 7 heteroatoms. The predicted octanol–water partition coefficient (Wildman–Crippen LogP) is 2.97. The van der Waals surface area contributed by atoms with Crippen molar-refractivity contribution in [2.24, 2.45) is 0 Å². The van der Waals surface area contributed by atoms with Crippen LogP contribution in [0.1, 0.15) is 11.1 Å². The van der Waals surface area contributed by atoms with Gasteiger partial charge in [0.1, 0.15) is 5.75 Å². The lowest BCUT2D eigenvalue weighted by Gasteiger charge is -2.03. The van der Waals surface area contributed by atoms with E-state index < -0.39 is 21.5 Å². The van der Waals surface area contributed by atoms with Gasteiger partial charge in [-0.15, -0.1) is 17.9 Å². The summed E-state index contributed by atoms with van der Waals surface area (Å²) in [6.07, 6.45) is 1.27. The molecule has 1 heterocycles. The highest BCUT2D eigenvalue weighted by Gasteiger charge is 2.16. The number of carbonyl (C=O) groups excluding carboxylic acids is 1. The van der Waals surface area contributed by atoms with E-state index >= 15 is 0 Å². The van der Waals surface area contributed by atoms with Crippen LogP contribution in [-0.2, 0) is 14.6 Å². The Morgan fingerprint density at radius 3 is 2.74 bits per heavy atom. The van der Waals surface area contributed by atoms with Crippen LogP contribution in [0.2, 0.25) is 0 Å². The Bertz CT molecular complexity index is 839. The summed E-state index contributed by atoms with van der Waals surface area (Å²) in [6, 6.07) is 6.02. The molecular formula is C16H18N2O3S2. The number of amides is 1. The van der Waals surface area contributed by atoms with E-state index in [1.54, 1.807) is 0 Å². The van der Waals surface area contributed by atoms with Crippen molar-refractivity contribution in [3.8, 4) is 11.3 Å². The average Bonchev–Trinajstić information content (AvgIpc) is 2.89. The van der Waals surface area contributed by atoms with Gasteiger partial charge in [-0.1, -0.05) is 18.2 Å². The molecule has 1 amide bonds. The molecule has 0 radical (unpaired) electrons. The fourth-order valence-electron chi connectivity index (χ4n) is 1.96. The zero-order valence-corrected chi connectivity index (χ0v) is 14.6. The molecular weight excluding hydrogens is 332 g/mol. The van der Waals surface area contributed by atoms with Gasteiger partial charge >= 0.3 is 0 Å². The zero-order valence-electron chi connectivity index (χ0n) is 13.0. The van der Waals surface area contributed by atoms with Gasteiger partial charge in [-0.05, 0) is 31.0 Å². The van der Waals surface area contributed by atoms with Crippen molar-refractivity contribution in [2.75, 3.05) is 16.8 Å². The zero-order chi connectivity index (χ0) is 17.0. The van der Waals surface area contributed by atoms with E-state index in [4.69, 9.17) is 0 Å². The lowest BCUT2D eigenvalue weighted by molar-refractivity contribution is -0.113. The first-order valence-corrected chi connectivity index (χ1v) is 9.65. The van der Waals surface area contributed by atoms with Crippen molar-refractivity contribution in [1.29, 1.82) is 0 Å². The molecule has 0 saturated heterocycles. The normalized spacial score (nSPS) is 11.2. The fourth-order valence-corrected chi connectivity index (χ4v) is 3.64. The van der Waals surface area contributed by atoms with Gasteiger partial charge in [-0.3, -0.25) is 4.79 Å². The summed E-state index contributed by atoms with van der Waals surface area (Å²) >= 11 is 1.26. The van der Waals surface area contributed by atoms with Crippen LogP contribution >= 0.6 is 11.3 Å². The molecule has 23 heavy (non-hydrogen) atoms. The van der Waals surface area contributed by atoms with Gasteiger partial charge in [0.2, 0.25) is 5.91 Å². The Labute approximate surface area is 140 Å². The van der Waals surface area contributed by atoms with Crippen molar-refractivity contribution in [1.82, 2.24) is 4.98 Å². The molecule has 0 spiro atoms. The molecule has 0 aliphatic rings. The number of hydrogen-bond donors (Lipinski definition) is 1. The Kier molecular flexibility index (Phi) is 5.33. The first-order valence-electron chi connectivity index (χ1n) is 6.95. The maximum atomic E-state index is 11.8. The quantitative estimate of drug-likeness (QED) is 0.813. The third-order valence-electron chi connectivity index (χ3n) is 3.28. The summed E-state index contributed by atoms with van der Waals surface area (Å²) in [6.45, 7) is 7.43. The second-order valence-electron chi connectivity index (χ2n) is 5.23. The van der Waals surface area contributed by atoms with Crippen LogP contribution in [-0.4, -0.2) is 30.8 Å². The minimum Gasteiger partial charge on any atom is -0.301 e. The summed E-state index contributed by atoms with van der Waals surface area (Å²) in [7, 11) is -3.46. The third kappa shape index (κ3) is 4.74. The van der Waals surface area contributed by atoms with Crippen LogP contribution in [0.3, 0.4) is 0 Å². The smallest absolute Gasteiger partial charge is 0.241 e. The van der Waals surface area contributed by atoms with Gasteiger partial charge in [-0.25, -0.2) is 13.4 Å². The molecule has 0 bridgehead atoms. The number of hydrogen-bond acceptors (Lipinski definition) is 5. The Morgan fingerprint density at radius 1 is 1.35 bits per heavy atom. The van der Waals surface area contributed by atoms with Gasteiger partial charge in [-0.2, -0.15) is 0 Å². The van der Waals surface area contributed by atoms with Crippen LogP contribution < -0.4 is 5.32 Å². The molecule has 0 fully saturated rings. The predicted molar refractivity (Wildman–Crippen MR) is 94.5 cm³/mol. The number of anilines is 1. The Hall–Kier alpha value is -1.99. The summed E-state index contributed by atoms with van der Waals surface area (Å²) in [5, 5.41) is 4.75. The number of carbonyl (C=O) groups is 1. The molecule has 0 saturated carbocycles. The van der Waals surface area contributed by atoms with E-state index in [2.05, 4.69) is 16.9 Å². The summed E-state index contributed by atoms with van der Waals surface area (Å²) < 4.78 is 23.2. The van der Waals surface area contributed by atoms with Crippen LogP contribution in [0.5, 0.6) is 0 Å². The van der Waals surface area contributed by atoms with E-state index in [1.165, 1.54) is 23.0 Å². The molecule has 0 atom stereocenters. The molecule has 2 rings (SSSR count). The highest BCUT2D eigenvalue weighted by atomic mass is 32.2. The largest absolute Gasteiger partial charge is 0.301 e. The number of nitrogens with zero attached hydrogens (tertiary/aromatic N) is 1. The SMILES string of the molecule is C=CCS(=O)(=O)CC(=O)Nc1nc(-c2ccc(C)c(C)c2)cs1. The van der Waals surface area contributed by atoms with Crippen LogP contribution in [0.4, 0.5) is 5.13 Å². The molecule has 1 aromatic heterocycles. The van der Waals surface area contributed by atoms with E-state index in [0.29, 0.717) is 5.13 Å². The van der Waals surface area contributed by atoms with Crippen LogP contribution in [0, 0.1) is 13.8 Å². The molecule has 0 aliphatic carbocycles. The van der Waals surface area contributed by atoms with Crippen molar-refractivity contribution in [3.63, 3.8) is 0 Å². The Morgan fingerprint density at radius 2 is 2.09 bits per heavy atom. The fraction of sp³-hybridized carbons (Fsp3) is 0.250. The standard InChI is InChI=1S/C16H18N2O3S2/c1-4-7-23(20,21)10-15(19)18-16-17-14(9-22-16)13-6-5-11(2)12(3)8-13/h4-6,8-9H,1,7,10H2,2-3H3,(H,17,18,19). The second kappa shape index (κ2) is 7.06. The molecule has 5 nitrogen and oxygen atoms in total. The van der Waals surface area contributed by atoms with Gasteiger partial charge in [0.25, 0.3) is 0 Å². The highest BCUT2D eigenvalue weighted by Crippen LogP contribution is 2.26. The number of sulfone groups is 1. The van der Waals surface area contributed by atoms with Gasteiger partial charge in [0, 0.05) is 10.9 Å². The maximum absolute atomic E-state index is 11.8. The van der Waals surface area contributed by atoms with Crippen molar-refractivity contribution in [2.45, 2.75) is 13.8 Å². The number of thiazole rings is 1. The van der Waals surface area contributed by atoms with E-state index in [0.717, 1.165) is 16.8 Å². The minimum absolute atomic E-state index is 0.216. The minimum atomic E-state index is -3.46.